The van der Waals surface area contributed by atoms with E-state index in [1.165, 1.54) is 0 Å². The molecule has 18 heavy (non-hydrogen) atoms. The average Bonchev–Trinajstić information content (AvgIpc) is 2.73. The highest BCUT2D eigenvalue weighted by Crippen LogP contribution is 2.21. The van der Waals surface area contributed by atoms with E-state index in [-0.39, 0.29) is 12.6 Å². The van der Waals surface area contributed by atoms with E-state index in [0.29, 0.717) is 6.42 Å². The second-order valence-electron chi connectivity index (χ2n) is 4.54. The number of hydrogen-bond acceptors (Lipinski definition) is 3. The molecular formula is C14H21N3O. The summed E-state index contributed by atoms with van der Waals surface area (Å²) >= 11 is 0. The number of hydrogen-bond donors (Lipinski definition) is 2. The van der Waals surface area contributed by atoms with Crippen LogP contribution in [-0.2, 0) is 7.05 Å². The van der Waals surface area contributed by atoms with Gasteiger partial charge in [0.05, 0.1) is 17.1 Å². The van der Waals surface area contributed by atoms with Crippen LogP contribution in [0, 0.1) is 0 Å². The van der Waals surface area contributed by atoms with Crippen molar-refractivity contribution in [2.75, 3.05) is 13.2 Å². The van der Waals surface area contributed by atoms with Gasteiger partial charge < -0.3 is 15.0 Å². The summed E-state index contributed by atoms with van der Waals surface area (Å²) in [5.74, 6) is 0.999. The highest BCUT2D eigenvalue weighted by atomic mass is 16.3. The number of rotatable bonds is 6. The molecule has 0 bridgehead atoms. The van der Waals surface area contributed by atoms with Crippen LogP contribution in [0.15, 0.2) is 24.3 Å². The van der Waals surface area contributed by atoms with Crippen LogP contribution in [0.4, 0.5) is 0 Å². The molecule has 0 fully saturated rings. The molecule has 0 aliphatic carbocycles. The number of aliphatic hydroxyl groups excluding tert-OH is 1. The zero-order valence-corrected chi connectivity index (χ0v) is 11.1. The predicted octanol–water partition coefficient (Wildman–Crippen LogP) is 2.00. The van der Waals surface area contributed by atoms with E-state index in [2.05, 4.69) is 27.9 Å². The van der Waals surface area contributed by atoms with E-state index in [9.17, 15) is 5.11 Å². The standard InChI is InChI=1S/C14H21N3O/c1-3-9-15-12(8-10-18)14-16-11-6-4-5-7-13(11)17(14)2/h4-7,12,15,18H,3,8-10H2,1-2H3. The Morgan fingerprint density at radius 2 is 2.17 bits per heavy atom. The summed E-state index contributed by atoms with van der Waals surface area (Å²) in [6, 6.07) is 8.23. The first kappa shape index (κ1) is 13.1. The molecule has 0 aliphatic heterocycles. The first-order valence-electron chi connectivity index (χ1n) is 6.53. The second-order valence-corrected chi connectivity index (χ2v) is 4.54. The quantitative estimate of drug-likeness (QED) is 0.821. The lowest BCUT2D eigenvalue weighted by molar-refractivity contribution is 0.261. The summed E-state index contributed by atoms with van der Waals surface area (Å²) in [6.45, 7) is 3.25. The van der Waals surface area contributed by atoms with Gasteiger partial charge in [0.15, 0.2) is 0 Å². The molecular weight excluding hydrogens is 226 g/mol. The van der Waals surface area contributed by atoms with Crippen LogP contribution in [0.2, 0.25) is 0 Å². The minimum atomic E-state index is 0.118. The van der Waals surface area contributed by atoms with E-state index < -0.39 is 0 Å². The van der Waals surface area contributed by atoms with Crippen LogP contribution < -0.4 is 5.32 Å². The van der Waals surface area contributed by atoms with Gasteiger partial charge in [-0.05, 0) is 31.5 Å². The second kappa shape index (κ2) is 5.98. The molecule has 1 aromatic heterocycles. The maximum Gasteiger partial charge on any atom is 0.126 e. The Balaban J connectivity index is 2.34. The Morgan fingerprint density at radius 3 is 2.83 bits per heavy atom. The van der Waals surface area contributed by atoms with Gasteiger partial charge in [-0.25, -0.2) is 4.98 Å². The molecule has 0 saturated carbocycles. The minimum Gasteiger partial charge on any atom is -0.396 e. The third-order valence-corrected chi connectivity index (χ3v) is 3.19. The van der Waals surface area contributed by atoms with E-state index in [1.807, 2.05) is 25.2 Å². The summed E-state index contributed by atoms with van der Waals surface area (Å²) < 4.78 is 2.11. The zero-order valence-electron chi connectivity index (χ0n) is 11.1. The Kier molecular flexibility index (Phi) is 4.33. The van der Waals surface area contributed by atoms with Gasteiger partial charge in [0, 0.05) is 13.7 Å². The molecule has 4 nitrogen and oxygen atoms in total. The van der Waals surface area contributed by atoms with Crippen molar-refractivity contribution in [2.24, 2.45) is 7.05 Å². The van der Waals surface area contributed by atoms with Gasteiger partial charge in [-0.3, -0.25) is 0 Å². The third-order valence-electron chi connectivity index (χ3n) is 3.19. The normalized spacial score (nSPS) is 13.1. The summed E-state index contributed by atoms with van der Waals surface area (Å²) in [6.07, 6.45) is 1.77. The Hall–Kier alpha value is -1.39. The van der Waals surface area contributed by atoms with Crippen molar-refractivity contribution in [3.63, 3.8) is 0 Å². The molecule has 98 valence electrons. The third kappa shape index (κ3) is 2.54. The molecule has 1 heterocycles. The van der Waals surface area contributed by atoms with Crippen LogP contribution in [0.5, 0.6) is 0 Å². The van der Waals surface area contributed by atoms with Crippen LogP contribution in [0.25, 0.3) is 11.0 Å². The van der Waals surface area contributed by atoms with Gasteiger partial charge in [0.1, 0.15) is 5.82 Å². The van der Waals surface area contributed by atoms with Crippen molar-refractivity contribution < 1.29 is 5.11 Å². The Bertz CT molecular complexity index is 507. The van der Waals surface area contributed by atoms with Crippen molar-refractivity contribution in [3.8, 4) is 0 Å². The molecule has 0 aliphatic rings. The lowest BCUT2D eigenvalue weighted by Crippen LogP contribution is -2.25. The van der Waals surface area contributed by atoms with E-state index >= 15 is 0 Å². The highest BCUT2D eigenvalue weighted by Gasteiger charge is 2.17. The monoisotopic (exact) mass is 247 g/mol. The summed E-state index contributed by atoms with van der Waals surface area (Å²) in [7, 11) is 2.03. The largest absolute Gasteiger partial charge is 0.396 e. The molecule has 0 amide bonds. The van der Waals surface area contributed by atoms with Gasteiger partial charge in [0.25, 0.3) is 0 Å². The average molecular weight is 247 g/mol. The van der Waals surface area contributed by atoms with Crippen LogP contribution >= 0.6 is 0 Å². The number of imidazole rings is 1. The number of aromatic nitrogens is 2. The lowest BCUT2D eigenvalue weighted by Gasteiger charge is -2.17. The molecule has 4 heteroatoms. The number of aliphatic hydroxyl groups is 1. The van der Waals surface area contributed by atoms with Crippen LogP contribution in [0.1, 0.15) is 31.6 Å². The Morgan fingerprint density at radius 1 is 1.39 bits per heavy atom. The number of fused-ring (bicyclic) bond motifs is 1. The van der Waals surface area contributed by atoms with Gasteiger partial charge in [0.2, 0.25) is 0 Å². The molecule has 2 aromatic rings. The number of benzene rings is 1. The molecule has 1 atom stereocenters. The highest BCUT2D eigenvalue weighted by molar-refractivity contribution is 5.75. The zero-order chi connectivity index (χ0) is 13.0. The van der Waals surface area contributed by atoms with Gasteiger partial charge in [-0.15, -0.1) is 0 Å². The van der Waals surface area contributed by atoms with Gasteiger partial charge in [-0.1, -0.05) is 19.1 Å². The van der Waals surface area contributed by atoms with E-state index in [0.717, 1.165) is 29.8 Å². The summed E-state index contributed by atoms with van der Waals surface area (Å²) in [4.78, 5) is 4.67. The van der Waals surface area contributed by atoms with Gasteiger partial charge in [-0.2, -0.15) is 0 Å². The fourth-order valence-corrected chi connectivity index (χ4v) is 2.25. The smallest absolute Gasteiger partial charge is 0.126 e. The van der Waals surface area contributed by atoms with Crippen molar-refractivity contribution in [3.05, 3.63) is 30.1 Å². The maximum atomic E-state index is 9.19. The lowest BCUT2D eigenvalue weighted by atomic mass is 10.2. The van der Waals surface area contributed by atoms with Crippen molar-refractivity contribution in [2.45, 2.75) is 25.8 Å². The van der Waals surface area contributed by atoms with Crippen LogP contribution in [0.3, 0.4) is 0 Å². The summed E-state index contributed by atoms with van der Waals surface area (Å²) in [5.41, 5.74) is 2.14. The van der Waals surface area contributed by atoms with E-state index in [4.69, 9.17) is 0 Å². The van der Waals surface area contributed by atoms with E-state index in [1.54, 1.807) is 0 Å². The molecule has 1 aromatic carbocycles. The SMILES string of the molecule is CCCNC(CCO)c1nc2ccccc2n1C. The molecule has 0 saturated heterocycles. The fraction of sp³-hybridized carbons (Fsp3) is 0.500. The Labute approximate surface area is 108 Å². The molecule has 1 unspecified atom stereocenters. The maximum absolute atomic E-state index is 9.19. The first-order chi connectivity index (χ1) is 8.77. The first-order valence-corrected chi connectivity index (χ1v) is 6.53. The molecule has 2 N–H and O–H groups in total. The number of para-hydroxylation sites is 2. The van der Waals surface area contributed by atoms with Crippen molar-refractivity contribution in [1.82, 2.24) is 14.9 Å². The number of aryl methyl sites for hydroxylation is 1. The van der Waals surface area contributed by atoms with Crippen molar-refractivity contribution in [1.29, 1.82) is 0 Å². The molecule has 0 spiro atoms. The number of nitrogens with zero attached hydrogens (tertiary/aromatic N) is 2. The fourth-order valence-electron chi connectivity index (χ4n) is 2.25. The predicted molar refractivity (Wildman–Crippen MR) is 73.5 cm³/mol. The van der Waals surface area contributed by atoms with Gasteiger partial charge >= 0.3 is 0 Å². The topological polar surface area (TPSA) is 50.1 Å². The molecule has 2 rings (SSSR count). The van der Waals surface area contributed by atoms with Crippen LogP contribution in [-0.4, -0.2) is 27.8 Å². The minimum absolute atomic E-state index is 0.118. The molecule has 0 radical (unpaired) electrons. The summed E-state index contributed by atoms with van der Waals surface area (Å²) in [5, 5.41) is 12.6. The number of nitrogens with one attached hydrogen (secondary N) is 1. The van der Waals surface area contributed by atoms with Crippen molar-refractivity contribution >= 4 is 11.0 Å².